The summed E-state index contributed by atoms with van der Waals surface area (Å²) in [5.74, 6) is 0. The van der Waals surface area contributed by atoms with Crippen LogP contribution in [-0.2, 0) is 6.54 Å². The Morgan fingerprint density at radius 2 is 1.46 bits per heavy atom. The van der Waals surface area contributed by atoms with Crippen molar-refractivity contribution in [3.05, 3.63) is 107 Å². The van der Waals surface area contributed by atoms with Crippen molar-refractivity contribution < 1.29 is 0 Å². The summed E-state index contributed by atoms with van der Waals surface area (Å²) in [7, 11) is 0. The van der Waals surface area contributed by atoms with Gasteiger partial charge in [-0.2, -0.15) is 0 Å². The molecule has 3 aromatic rings. The van der Waals surface area contributed by atoms with Gasteiger partial charge in [0.1, 0.15) is 0 Å². The lowest BCUT2D eigenvalue weighted by molar-refractivity contribution is 0.162. The van der Waals surface area contributed by atoms with E-state index in [0.717, 1.165) is 19.6 Å². The average Bonchev–Trinajstić information content (AvgIpc) is 2.75. The Morgan fingerprint density at radius 1 is 0.821 bits per heavy atom. The third kappa shape index (κ3) is 4.70. The van der Waals surface area contributed by atoms with E-state index in [1.165, 1.54) is 35.1 Å². The first kappa shape index (κ1) is 18.9. The molecule has 1 N–H and O–H groups in total. The molecule has 0 aliphatic carbocycles. The first-order chi connectivity index (χ1) is 13.8. The molecule has 0 saturated carbocycles. The lowest BCUT2D eigenvalue weighted by Gasteiger charge is -2.38. The quantitative estimate of drug-likeness (QED) is 0.630. The van der Waals surface area contributed by atoms with Crippen LogP contribution >= 0.6 is 0 Å². The molecule has 1 atom stereocenters. The topological polar surface area (TPSA) is 15.3 Å². The number of nitrogens with one attached hydrogen (secondary N) is 1. The maximum absolute atomic E-state index is 3.76. The van der Waals surface area contributed by atoms with Crippen molar-refractivity contribution in [3.8, 4) is 0 Å². The largest absolute Gasteiger partial charge is 0.310 e. The van der Waals surface area contributed by atoms with Crippen LogP contribution in [0.5, 0.6) is 0 Å². The molecule has 0 aromatic heterocycles. The van der Waals surface area contributed by atoms with Crippen LogP contribution in [0.4, 0.5) is 0 Å². The summed E-state index contributed by atoms with van der Waals surface area (Å²) in [6.45, 7) is 5.40. The molecule has 144 valence electrons. The lowest BCUT2D eigenvalue weighted by Crippen LogP contribution is -2.43. The molecule has 1 aliphatic heterocycles. The van der Waals surface area contributed by atoms with Gasteiger partial charge in [0.25, 0.3) is 0 Å². The summed E-state index contributed by atoms with van der Waals surface area (Å²) in [6.07, 6.45) is 2.39. The Kier molecular flexibility index (Phi) is 6.20. The normalized spacial score (nSPS) is 16.8. The van der Waals surface area contributed by atoms with E-state index >= 15 is 0 Å². The van der Waals surface area contributed by atoms with Gasteiger partial charge in [-0.15, -0.1) is 0 Å². The van der Waals surface area contributed by atoms with Crippen LogP contribution in [0.3, 0.4) is 0 Å². The van der Waals surface area contributed by atoms with Crippen LogP contribution in [0.1, 0.15) is 41.1 Å². The summed E-state index contributed by atoms with van der Waals surface area (Å²) >= 11 is 0. The highest BCUT2D eigenvalue weighted by Gasteiger charge is 2.27. The van der Waals surface area contributed by atoms with E-state index in [9.17, 15) is 0 Å². The van der Waals surface area contributed by atoms with Gasteiger partial charge in [0.05, 0.1) is 6.04 Å². The molecule has 2 nitrogen and oxygen atoms in total. The van der Waals surface area contributed by atoms with Gasteiger partial charge >= 0.3 is 0 Å². The molecule has 28 heavy (non-hydrogen) atoms. The molecule has 0 bridgehead atoms. The number of nitrogens with zero attached hydrogens (tertiary/aromatic N) is 1. The summed E-state index contributed by atoms with van der Waals surface area (Å²) in [5, 5.41) is 3.76. The van der Waals surface area contributed by atoms with Crippen molar-refractivity contribution in [2.45, 2.75) is 38.4 Å². The number of hydrogen-bond donors (Lipinski definition) is 1. The zero-order chi connectivity index (χ0) is 19.2. The molecule has 4 rings (SSSR count). The van der Waals surface area contributed by atoms with E-state index in [4.69, 9.17) is 0 Å². The number of piperidine rings is 1. The first-order valence-corrected chi connectivity index (χ1v) is 10.4. The van der Waals surface area contributed by atoms with Gasteiger partial charge in [0, 0.05) is 25.7 Å². The standard InChI is InChI=1S/C26H30N2/c1-21-9-8-14-24(19-21)26(23-12-6-3-7-13-23)28-17-15-25(16-18-28)27-20-22-10-4-2-5-11-22/h2-14,19,25-27H,15-18,20H2,1H3. The molecular weight excluding hydrogens is 340 g/mol. The molecule has 0 spiro atoms. The molecule has 1 aliphatic rings. The van der Waals surface area contributed by atoms with E-state index < -0.39 is 0 Å². The van der Waals surface area contributed by atoms with Gasteiger partial charge in [-0.1, -0.05) is 90.5 Å². The predicted molar refractivity (Wildman–Crippen MR) is 117 cm³/mol. The predicted octanol–water partition coefficient (Wildman–Crippen LogP) is 5.34. The Bertz CT molecular complexity index is 852. The van der Waals surface area contributed by atoms with Crippen LogP contribution in [0.15, 0.2) is 84.9 Å². The molecule has 2 heteroatoms. The average molecular weight is 371 g/mol. The first-order valence-electron chi connectivity index (χ1n) is 10.4. The van der Waals surface area contributed by atoms with E-state index in [2.05, 4.69) is 102 Å². The summed E-state index contributed by atoms with van der Waals surface area (Å²) < 4.78 is 0. The van der Waals surface area contributed by atoms with Gasteiger partial charge in [-0.3, -0.25) is 4.90 Å². The van der Waals surface area contributed by atoms with Crippen LogP contribution in [-0.4, -0.2) is 24.0 Å². The molecule has 1 heterocycles. The zero-order valence-corrected chi connectivity index (χ0v) is 16.7. The monoisotopic (exact) mass is 370 g/mol. The van der Waals surface area contributed by atoms with Gasteiger partial charge < -0.3 is 5.32 Å². The van der Waals surface area contributed by atoms with Gasteiger partial charge in [0.2, 0.25) is 0 Å². The third-order valence-corrected chi connectivity index (χ3v) is 5.81. The smallest absolute Gasteiger partial charge is 0.0601 e. The van der Waals surface area contributed by atoms with E-state index in [1.54, 1.807) is 0 Å². The van der Waals surface area contributed by atoms with Crippen molar-refractivity contribution in [1.82, 2.24) is 10.2 Å². The fraction of sp³-hybridized carbons (Fsp3) is 0.308. The molecule has 3 aromatic carbocycles. The van der Waals surface area contributed by atoms with Crippen molar-refractivity contribution >= 4 is 0 Å². The SMILES string of the molecule is Cc1cccc(C(c2ccccc2)N2CCC(NCc3ccccc3)CC2)c1. The minimum atomic E-state index is 0.344. The van der Waals surface area contributed by atoms with Crippen molar-refractivity contribution in [2.75, 3.05) is 13.1 Å². The highest BCUT2D eigenvalue weighted by atomic mass is 15.2. The maximum Gasteiger partial charge on any atom is 0.0601 e. The molecular formula is C26H30N2. The summed E-state index contributed by atoms with van der Waals surface area (Å²) in [5.41, 5.74) is 5.50. The molecule has 1 saturated heterocycles. The van der Waals surface area contributed by atoms with Gasteiger partial charge in [0.15, 0.2) is 0 Å². The summed E-state index contributed by atoms with van der Waals surface area (Å²) in [4.78, 5) is 2.66. The maximum atomic E-state index is 3.76. The van der Waals surface area contributed by atoms with Crippen molar-refractivity contribution in [2.24, 2.45) is 0 Å². The zero-order valence-electron chi connectivity index (χ0n) is 16.7. The Labute approximate surface area is 169 Å². The fourth-order valence-electron chi connectivity index (χ4n) is 4.31. The van der Waals surface area contributed by atoms with Crippen LogP contribution in [0.2, 0.25) is 0 Å². The number of hydrogen-bond acceptors (Lipinski definition) is 2. The van der Waals surface area contributed by atoms with Crippen molar-refractivity contribution in [1.29, 1.82) is 0 Å². The number of likely N-dealkylation sites (tertiary alicyclic amines) is 1. The Morgan fingerprint density at radius 3 is 2.14 bits per heavy atom. The third-order valence-electron chi connectivity index (χ3n) is 5.81. The van der Waals surface area contributed by atoms with Crippen LogP contribution in [0, 0.1) is 6.92 Å². The second kappa shape index (κ2) is 9.18. The second-order valence-corrected chi connectivity index (χ2v) is 7.90. The fourth-order valence-corrected chi connectivity index (χ4v) is 4.31. The van der Waals surface area contributed by atoms with E-state index in [-0.39, 0.29) is 0 Å². The molecule has 1 unspecified atom stereocenters. The lowest BCUT2D eigenvalue weighted by atomic mass is 9.93. The van der Waals surface area contributed by atoms with Gasteiger partial charge in [-0.05, 0) is 36.5 Å². The summed E-state index contributed by atoms with van der Waals surface area (Å²) in [6, 6.07) is 31.6. The van der Waals surface area contributed by atoms with Gasteiger partial charge in [-0.25, -0.2) is 0 Å². The van der Waals surface area contributed by atoms with Crippen LogP contribution in [0.25, 0.3) is 0 Å². The highest BCUT2D eigenvalue weighted by molar-refractivity contribution is 5.34. The molecule has 0 radical (unpaired) electrons. The second-order valence-electron chi connectivity index (χ2n) is 7.90. The number of aryl methyl sites for hydroxylation is 1. The minimum Gasteiger partial charge on any atom is -0.310 e. The molecule has 1 fully saturated rings. The Balaban J connectivity index is 1.44. The number of rotatable bonds is 6. The van der Waals surface area contributed by atoms with Crippen molar-refractivity contribution in [3.63, 3.8) is 0 Å². The van der Waals surface area contributed by atoms with E-state index in [0.29, 0.717) is 12.1 Å². The minimum absolute atomic E-state index is 0.344. The highest BCUT2D eigenvalue weighted by Crippen LogP contribution is 2.31. The van der Waals surface area contributed by atoms with E-state index in [1.807, 2.05) is 0 Å². The molecule has 0 amide bonds. The number of benzene rings is 3. The Hall–Kier alpha value is -2.42. The van der Waals surface area contributed by atoms with Crippen LogP contribution < -0.4 is 5.32 Å².